The summed E-state index contributed by atoms with van der Waals surface area (Å²) < 4.78 is 0. The Morgan fingerprint density at radius 2 is 2.03 bits per heavy atom. The zero-order chi connectivity index (χ0) is 20.9. The van der Waals surface area contributed by atoms with E-state index in [2.05, 4.69) is 57.5 Å². The standard InChI is InChI=1S/C24H24N4OS/c1-3-15-28(21-14-11-18-7-5-6-8-20(18)21)16-22-26-27-24(30-22)23(29)25-19-12-9-17(4-2)10-13-19/h1,5-10,12-13,21H,4,11,14-16H2,2H3,(H,25,29)/t21-/m1/s1. The number of nitrogens with zero attached hydrogens (tertiary/aromatic N) is 3. The molecule has 5 nitrogen and oxygen atoms in total. The maximum atomic E-state index is 12.6. The Bertz CT molecular complexity index is 1070. The van der Waals surface area contributed by atoms with Crippen molar-refractivity contribution in [2.24, 2.45) is 0 Å². The van der Waals surface area contributed by atoms with E-state index in [9.17, 15) is 4.79 Å². The molecule has 1 aliphatic rings. The van der Waals surface area contributed by atoms with Crippen LogP contribution in [-0.2, 0) is 19.4 Å². The van der Waals surface area contributed by atoms with Gasteiger partial charge in [0.1, 0.15) is 5.01 Å². The average Bonchev–Trinajstić information content (AvgIpc) is 3.41. The van der Waals surface area contributed by atoms with Gasteiger partial charge in [0.25, 0.3) is 5.91 Å². The number of aryl methyl sites for hydroxylation is 2. The van der Waals surface area contributed by atoms with Crippen molar-refractivity contribution in [2.75, 3.05) is 11.9 Å². The molecule has 0 unspecified atom stereocenters. The third-order valence-electron chi connectivity index (χ3n) is 5.46. The first-order valence-electron chi connectivity index (χ1n) is 10.2. The predicted molar refractivity (Wildman–Crippen MR) is 120 cm³/mol. The Morgan fingerprint density at radius 3 is 2.80 bits per heavy atom. The highest BCUT2D eigenvalue weighted by molar-refractivity contribution is 7.13. The Morgan fingerprint density at radius 1 is 1.23 bits per heavy atom. The molecule has 0 bridgehead atoms. The van der Waals surface area contributed by atoms with Gasteiger partial charge in [0.2, 0.25) is 5.01 Å². The molecule has 0 saturated carbocycles. The van der Waals surface area contributed by atoms with Crippen molar-refractivity contribution in [2.45, 2.75) is 38.8 Å². The van der Waals surface area contributed by atoms with E-state index in [-0.39, 0.29) is 11.9 Å². The monoisotopic (exact) mass is 416 g/mol. The van der Waals surface area contributed by atoms with Gasteiger partial charge in [-0.05, 0) is 48.1 Å². The van der Waals surface area contributed by atoms with E-state index in [1.54, 1.807) is 0 Å². The molecule has 0 spiro atoms. The number of rotatable bonds is 7. The number of benzene rings is 2. The van der Waals surface area contributed by atoms with Gasteiger partial charge in [-0.1, -0.05) is 60.6 Å². The molecule has 0 saturated heterocycles. The van der Waals surface area contributed by atoms with Gasteiger partial charge in [-0.2, -0.15) is 0 Å². The number of carbonyl (C=O) groups is 1. The molecule has 1 aliphatic carbocycles. The number of hydrogen-bond donors (Lipinski definition) is 1. The third kappa shape index (κ3) is 4.43. The number of amides is 1. The Balaban J connectivity index is 1.44. The van der Waals surface area contributed by atoms with E-state index in [0.29, 0.717) is 18.1 Å². The third-order valence-corrected chi connectivity index (χ3v) is 6.36. The summed E-state index contributed by atoms with van der Waals surface area (Å²) in [6.07, 6.45) is 8.71. The summed E-state index contributed by atoms with van der Waals surface area (Å²) in [5.41, 5.74) is 4.71. The van der Waals surface area contributed by atoms with Crippen LogP contribution in [0.3, 0.4) is 0 Å². The molecule has 2 aromatic carbocycles. The molecule has 1 amide bonds. The number of carbonyl (C=O) groups excluding carboxylic acids is 1. The molecular weight excluding hydrogens is 392 g/mol. The predicted octanol–water partition coefficient (Wildman–Crippen LogP) is 4.48. The molecule has 1 atom stereocenters. The second kappa shape index (κ2) is 9.21. The lowest BCUT2D eigenvalue weighted by molar-refractivity contribution is 0.102. The Hall–Kier alpha value is -3.01. The number of aromatic nitrogens is 2. The molecule has 3 aromatic rings. The smallest absolute Gasteiger partial charge is 0.286 e. The molecule has 1 N–H and O–H groups in total. The molecule has 0 fully saturated rings. The fraction of sp³-hybridized carbons (Fsp3) is 0.292. The van der Waals surface area contributed by atoms with Gasteiger partial charge < -0.3 is 5.32 Å². The van der Waals surface area contributed by atoms with Gasteiger partial charge in [0.15, 0.2) is 0 Å². The van der Waals surface area contributed by atoms with Crippen molar-refractivity contribution in [3.05, 3.63) is 75.2 Å². The molecular formula is C24H24N4OS. The van der Waals surface area contributed by atoms with Gasteiger partial charge in [0.05, 0.1) is 13.1 Å². The lowest BCUT2D eigenvalue weighted by Gasteiger charge is -2.26. The van der Waals surface area contributed by atoms with Crippen LogP contribution >= 0.6 is 11.3 Å². The quantitative estimate of drug-likeness (QED) is 0.577. The normalized spacial score (nSPS) is 15.0. The zero-order valence-electron chi connectivity index (χ0n) is 17.0. The molecule has 0 radical (unpaired) electrons. The van der Waals surface area contributed by atoms with Crippen molar-refractivity contribution < 1.29 is 4.79 Å². The van der Waals surface area contributed by atoms with Crippen molar-refractivity contribution in [1.29, 1.82) is 0 Å². The number of hydrogen-bond acceptors (Lipinski definition) is 5. The number of nitrogens with one attached hydrogen (secondary N) is 1. The molecule has 6 heteroatoms. The summed E-state index contributed by atoms with van der Waals surface area (Å²) in [6.45, 7) is 3.22. The van der Waals surface area contributed by atoms with E-state index < -0.39 is 0 Å². The van der Waals surface area contributed by atoms with Gasteiger partial charge in [-0.15, -0.1) is 16.6 Å². The minimum absolute atomic E-state index is 0.238. The number of anilines is 1. The SMILES string of the molecule is C#CCN(Cc1nnc(C(=O)Nc2ccc(CC)cc2)s1)[C@@H]1CCc2ccccc21. The highest BCUT2D eigenvalue weighted by Crippen LogP contribution is 2.36. The Labute approximate surface area is 181 Å². The molecule has 1 heterocycles. The van der Waals surface area contributed by atoms with E-state index >= 15 is 0 Å². The van der Waals surface area contributed by atoms with Crippen molar-refractivity contribution in [3.8, 4) is 12.3 Å². The highest BCUT2D eigenvalue weighted by atomic mass is 32.1. The minimum atomic E-state index is -0.238. The molecule has 0 aliphatic heterocycles. The van der Waals surface area contributed by atoms with Crippen LogP contribution in [0.4, 0.5) is 5.69 Å². The lowest BCUT2D eigenvalue weighted by Crippen LogP contribution is -2.27. The summed E-state index contributed by atoms with van der Waals surface area (Å²) in [5, 5.41) is 12.4. The lowest BCUT2D eigenvalue weighted by atomic mass is 10.1. The van der Waals surface area contributed by atoms with E-state index in [0.717, 1.165) is 30.0 Å². The number of fused-ring (bicyclic) bond motifs is 1. The van der Waals surface area contributed by atoms with E-state index in [4.69, 9.17) is 6.42 Å². The highest BCUT2D eigenvalue weighted by Gasteiger charge is 2.28. The van der Waals surface area contributed by atoms with E-state index in [1.165, 1.54) is 28.0 Å². The van der Waals surface area contributed by atoms with Crippen LogP contribution in [0.25, 0.3) is 0 Å². The maximum Gasteiger partial charge on any atom is 0.286 e. The van der Waals surface area contributed by atoms with Crippen LogP contribution in [0, 0.1) is 12.3 Å². The van der Waals surface area contributed by atoms with Crippen molar-refractivity contribution in [3.63, 3.8) is 0 Å². The second-order valence-electron chi connectivity index (χ2n) is 7.37. The van der Waals surface area contributed by atoms with Gasteiger partial charge in [-0.3, -0.25) is 9.69 Å². The molecule has 152 valence electrons. The molecule has 1 aromatic heterocycles. The summed E-state index contributed by atoms with van der Waals surface area (Å²) >= 11 is 1.32. The summed E-state index contributed by atoms with van der Waals surface area (Å²) in [6, 6.07) is 16.6. The van der Waals surface area contributed by atoms with Crippen LogP contribution in [0.15, 0.2) is 48.5 Å². The summed E-state index contributed by atoms with van der Waals surface area (Å²) in [7, 11) is 0. The van der Waals surface area contributed by atoms with Crippen LogP contribution in [0.1, 0.15) is 50.9 Å². The van der Waals surface area contributed by atoms with Gasteiger partial charge in [0, 0.05) is 11.7 Å². The first-order chi connectivity index (χ1) is 14.7. The average molecular weight is 417 g/mol. The summed E-state index contributed by atoms with van der Waals surface area (Å²) in [5.74, 6) is 2.53. The van der Waals surface area contributed by atoms with Crippen LogP contribution < -0.4 is 5.32 Å². The largest absolute Gasteiger partial charge is 0.320 e. The molecule has 4 rings (SSSR count). The molecule has 30 heavy (non-hydrogen) atoms. The fourth-order valence-corrected chi connectivity index (χ4v) is 4.66. The van der Waals surface area contributed by atoms with Gasteiger partial charge in [-0.25, -0.2) is 0 Å². The van der Waals surface area contributed by atoms with Crippen molar-refractivity contribution >= 4 is 22.9 Å². The van der Waals surface area contributed by atoms with Crippen LogP contribution in [-0.4, -0.2) is 27.5 Å². The number of terminal acetylenes is 1. The Kier molecular flexibility index (Phi) is 6.22. The fourth-order valence-electron chi connectivity index (χ4n) is 3.90. The summed E-state index contributed by atoms with van der Waals surface area (Å²) in [4.78, 5) is 14.8. The van der Waals surface area contributed by atoms with Crippen LogP contribution in [0.2, 0.25) is 0 Å². The first kappa shape index (κ1) is 20.3. The van der Waals surface area contributed by atoms with Crippen molar-refractivity contribution in [1.82, 2.24) is 15.1 Å². The minimum Gasteiger partial charge on any atom is -0.320 e. The topological polar surface area (TPSA) is 58.1 Å². The van der Waals surface area contributed by atoms with Gasteiger partial charge >= 0.3 is 0 Å². The first-order valence-corrected chi connectivity index (χ1v) is 11.0. The second-order valence-corrected chi connectivity index (χ2v) is 8.43. The van der Waals surface area contributed by atoms with E-state index in [1.807, 2.05) is 24.3 Å². The van der Waals surface area contributed by atoms with Crippen LogP contribution in [0.5, 0.6) is 0 Å². The zero-order valence-corrected chi connectivity index (χ0v) is 17.8. The maximum absolute atomic E-state index is 12.6.